The van der Waals surface area contributed by atoms with Gasteiger partial charge in [0.25, 0.3) is 0 Å². The molecule has 3 heteroatoms. The van der Waals surface area contributed by atoms with Crippen LogP contribution < -0.4 is 5.73 Å². The van der Waals surface area contributed by atoms with Crippen LogP contribution >= 0.6 is 0 Å². The molecule has 18 heavy (non-hydrogen) atoms. The maximum atomic E-state index is 10.1. The summed E-state index contributed by atoms with van der Waals surface area (Å²) in [5.74, 6) is 0.861. The second-order valence-electron chi connectivity index (χ2n) is 5.50. The van der Waals surface area contributed by atoms with Gasteiger partial charge in [0.2, 0.25) is 0 Å². The fraction of sp³-hybridized carbons (Fsp3) is 0.600. The average molecular weight is 248 g/mol. The molecular formula is C15H24N2O. The molecule has 0 bridgehead atoms. The van der Waals surface area contributed by atoms with Crippen molar-refractivity contribution in [1.29, 1.82) is 0 Å². The number of hydrogen-bond acceptors (Lipinski definition) is 3. The van der Waals surface area contributed by atoms with Crippen molar-refractivity contribution in [2.45, 2.75) is 32.3 Å². The zero-order chi connectivity index (χ0) is 13.0. The van der Waals surface area contributed by atoms with Crippen LogP contribution in [0.1, 0.15) is 37.9 Å². The topological polar surface area (TPSA) is 49.5 Å². The molecule has 1 aromatic rings. The summed E-state index contributed by atoms with van der Waals surface area (Å²) >= 11 is 0. The highest BCUT2D eigenvalue weighted by molar-refractivity contribution is 5.41. The molecule has 1 atom stereocenters. The van der Waals surface area contributed by atoms with Crippen LogP contribution in [0.3, 0.4) is 0 Å². The Morgan fingerprint density at radius 1 is 1.39 bits per heavy atom. The molecule has 0 saturated carbocycles. The number of likely N-dealkylation sites (tertiary alicyclic amines) is 1. The second-order valence-corrected chi connectivity index (χ2v) is 5.50. The zero-order valence-electron chi connectivity index (χ0n) is 11.2. The van der Waals surface area contributed by atoms with Gasteiger partial charge in [-0.2, -0.15) is 0 Å². The van der Waals surface area contributed by atoms with Crippen LogP contribution in [0, 0.1) is 5.92 Å². The van der Waals surface area contributed by atoms with Crippen LogP contribution in [-0.2, 0) is 0 Å². The van der Waals surface area contributed by atoms with Gasteiger partial charge in [-0.1, -0.05) is 19.1 Å². The molecule has 3 N–H and O–H groups in total. The number of anilines is 1. The van der Waals surface area contributed by atoms with Crippen LogP contribution in [0.5, 0.6) is 0 Å². The number of nitrogens with zero attached hydrogens (tertiary/aromatic N) is 1. The highest BCUT2D eigenvalue weighted by Crippen LogP contribution is 2.21. The summed E-state index contributed by atoms with van der Waals surface area (Å²) in [4.78, 5) is 2.45. The quantitative estimate of drug-likeness (QED) is 0.805. The van der Waals surface area contributed by atoms with Crippen LogP contribution in [0.15, 0.2) is 24.3 Å². The van der Waals surface area contributed by atoms with Gasteiger partial charge in [0.15, 0.2) is 0 Å². The van der Waals surface area contributed by atoms with E-state index >= 15 is 0 Å². The average Bonchev–Trinajstić information content (AvgIpc) is 2.38. The van der Waals surface area contributed by atoms with Gasteiger partial charge in [0, 0.05) is 12.2 Å². The number of rotatable bonds is 4. The first-order chi connectivity index (χ1) is 8.65. The molecule has 1 unspecified atom stereocenters. The molecule has 0 amide bonds. The molecule has 0 spiro atoms. The van der Waals surface area contributed by atoms with Crippen molar-refractivity contribution >= 4 is 5.69 Å². The number of nitrogen functional groups attached to an aromatic ring is 1. The first-order valence-corrected chi connectivity index (χ1v) is 6.91. The van der Waals surface area contributed by atoms with E-state index in [2.05, 4.69) is 11.8 Å². The number of nitrogens with two attached hydrogens (primary N) is 1. The number of aliphatic hydroxyl groups is 1. The molecule has 0 radical (unpaired) electrons. The predicted molar refractivity (Wildman–Crippen MR) is 75.3 cm³/mol. The highest BCUT2D eigenvalue weighted by Gasteiger charge is 2.16. The van der Waals surface area contributed by atoms with E-state index in [9.17, 15) is 5.11 Å². The predicted octanol–water partition coefficient (Wildman–Crippen LogP) is 2.42. The van der Waals surface area contributed by atoms with Crippen LogP contribution in [0.4, 0.5) is 5.69 Å². The summed E-state index contributed by atoms with van der Waals surface area (Å²) in [5, 5.41) is 10.1. The molecule has 1 fully saturated rings. The monoisotopic (exact) mass is 248 g/mol. The molecule has 0 aromatic heterocycles. The molecule has 1 heterocycles. The summed E-state index contributed by atoms with van der Waals surface area (Å²) in [6.07, 6.45) is 2.97. The molecule has 100 valence electrons. The first-order valence-electron chi connectivity index (χ1n) is 6.91. The lowest BCUT2D eigenvalue weighted by molar-refractivity contribution is 0.125. The van der Waals surface area contributed by atoms with E-state index in [1.165, 1.54) is 25.9 Å². The van der Waals surface area contributed by atoms with E-state index in [1.54, 1.807) is 0 Å². The first kappa shape index (κ1) is 13.4. The Morgan fingerprint density at radius 2 is 2.11 bits per heavy atom. The lowest BCUT2D eigenvalue weighted by Crippen LogP contribution is -2.34. The maximum Gasteiger partial charge on any atom is 0.0803 e. The van der Waals surface area contributed by atoms with Crippen molar-refractivity contribution in [3.8, 4) is 0 Å². The SMILES string of the molecule is CC1CCN(CCC(O)c2cccc(N)c2)CC1. The van der Waals surface area contributed by atoms with Crippen LogP contribution in [0.2, 0.25) is 0 Å². The lowest BCUT2D eigenvalue weighted by atomic mass is 9.98. The van der Waals surface area contributed by atoms with Gasteiger partial charge in [-0.05, 0) is 56.0 Å². The van der Waals surface area contributed by atoms with Crippen LogP contribution in [-0.4, -0.2) is 29.6 Å². The molecule has 1 saturated heterocycles. The highest BCUT2D eigenvalue weighted by atomic mass is 16.3. The number of benzene rings is 1. The molecule has 1 aliphatic heterocycles. The molecule has 3 nitrogen and oxygen atoms in total. The van der Waals surface area contributed by atoms with Crippen molar-refractivity contribution < 1.29 is 5.11 Å². The van der Waals surface area contributed by atoms with Crippen molar-refractivity contribution in [3.05, 3.63) is 29.8 Å². The fourth-order valence-electron chi connectivity index (χ4n) is 2.52. The van der Waals surface area contributed by atoms with E-state index < -0.39 is 6.10 Å². The largest absolute Gasteiger partial charge is 0.399 e. The number of piperidine rings is 1. The zero-order valence-corrected chi connectivity index (χ0v) is 11.2. The second kappa shape index (κ2) is 6.21. The molecule has 1 aromatic carbocycles. The minimum Gasteiger partial charge on any atom is -0.399 e. The summed E-state index contributed by atoms with van der Waals surface area (Å²) in [6.45, 7) is 5.64. The Balaban J connectivity index is 1.79. The van der Waals surface area contributed by atoms with E-state index in [-0.39, 0.29) is 0 Å². The molecule has 2 rings (SSSR count). The van der Waals surface area contributed by atoms with Crippen molar-refractivity contribution in [2.75, 3.05) is 25.4 Å². The standard InChI is InChI=1S/C15H24N2O/c1-12-5-8-17(9-6-12)10-7-15(18)13-3-2-4-14(16)11-13/h2-4,11-12,15,18H,5-10,16H2,1H3. The lowest BCUT2D eigenvalue weighted by Gasteiger charge is -2.30. The smallest absolute Gasteiger partial charge is 0.0803 e. The van der Waals surface area contributed by atoms with Gasteiger partial charge in [-0.3, -0.25) is 0 Å². The number of hydrogen-bond donors (Lipinski definition) is 2. The Labute approximate surface area is 110 Å². The van der Waals surface area contributed by atoms with Gasteiger partial charge in [-0.15, -0.1) is 0 Å². The van der Waals surface area contributed by atoms with Crippen molar-refractivity contribution in [1.82, 2.24) is 4.90 Å². The normalized spacial score (nSPS) is 19.9. The summed E-state index contributed by atoms with van der Waals surface area (Å²) in [6, 6.07) is 7.56. The van der Waals surface area contributed by atoms with Crippen molar-refractivity contribution in [2.24, 2.45) is 5.92 Å². The van der Waals surface area contributed by atoms with E-state index in [0.717, 1.165) is 30.1 Å². The van der Waals surface area contributed by atoms with E-state index in [4.69, 9.17) is 5.73 Å². The van der Waals surface area contributed by atoms with Gasteiger partial charge in [-0.25, -0.2) is 0 Å². The third-order valence-corrected chi connectivity index (χ3v) is 3.89. The Hall–Kier alpha value is -1.06. The minimum absolute atomic E-state index is 0.396. The maximum absolute atomic E-state index is 10.1. The Morgan fingerprint density at radius 3 is 2.78 bits per heavy atom. The summed E-state index contributed by atoms with van der Waals surface area (Å²) in [7, 11) is 0. The van der Waals surface area contributed by atoms with E-state index in [0.29, 0.717) is 0 Å². The van der Waals surface area contributed by atoms with Crippen molar-refractivity contribution in [3.63, 3.8) is 0 Å². The van der Waals surface area contributed by atoms with Crippen LogP contribution in [0.25, 0.3) is 0 Å². The molecule has 1 aliphatic rings. The van der Waals surface area contributed by atoms with Gasteiger partial charge in [0.1, 0.15) is 0 Å². The fourth-order valence-corrected chi connectivity index (χ4v) is 2.52. The third kappa shape index (κ3) is 3.72. The molecular weight excluding hydrogens is 224 g/mol. The Bertz CT molecular complexity index is 373. The van der Waals surface area contributed by atoms with Gasteiger partial charge < -0.3 is 15.7 Å². The molecule has 0 aliphatic carbocycles. The minimum atomic E-state index is -0.396. The Kier molecular flexibility index (Phi) is 4.61. The number of aliphatic hydroxyl groups excluding tert-OH is 1. The van der Waals surface area contributed by atoms with Gasteiger partial charge in [0.05, 0.1) is 6.10 Å². The van der Waals surface area contributed by atoms with E-state index in [1.807, 2.05) is 24.3 Å². The van der Waals surface area contributed by atoms with Gasteiger partial charge >= 0.3 is 0 Å². The summed E-state index contributed by atoms with van der Waals surface area (Å²) in [5.41, 5.74) is 7.38. The summed E-state index contributed by atoms with van der Waals surface area (Å²) < 4.78 is 0. The third-order valence-electron chi connectivity index (χ3n) is 3.89.